The Balaban J connectivity index is 2.34. The van der Waals surface area contributed by atoms with Crippen LogP contribution in [0.2, 0.25) is 20.2 Å². The van der Waals surface area contributed by atoms with Crippen LogP contribution >= 0.6 is 57.7 Å². The summed E-state index contributed by atoms with van der Waals surface area (Å²) < 4.78 is 0. The van der Waals surface area contributed by atoms with Crippen molar-refractivity contribution in [2.24, 2.45) is 0 Å². The van der Waals surface area contributed by atoms with Gasteiger partial charge in [-0.05, 0) is 6.92 Å². The average molecular weight is 358 g/mol. The molecule has 0 saturated carbocycles. The predicted molar refractivity (Wildman–Crippen MR) is 76.9 cm³/mol. The summed E-state index contributed by atoms with van der Waals surface area (Å²) in [5.74, 6) is -0.596. The second kappa shape index (κ2) is 5.76. The van der Waals surface area contributed by atoms with E-state index in [1.807, 2.05) is 0 Å². The van der Waals surface area contributed by atoms with E-state index in [4.69, 9.17) is 46.4 Å². The van der Waals surface area contributed by atoms with Crippen molar-refractivity contribution in [3.05, 3.63) is 30.9 Å². The lowest BCUT2D eigenvalue weighted by Gasteiger charge is -2.07. The lowest BCUT2D eigenvalue weighted by molar-refractivity contribution is 0.102. The quantitative estimate of drug-likeness (QED) is 0.821. The van der Waals surface area contributed by atoms with Crippen LogP contribution in [0.5, 0.6) is 0 Å². The Bertz CT molecular complexity index is 660. The summed E-state index contributed by atoms with van der Waals surface area (Å²) in [6.07, 6.45) is 0. The third kappa shape index (κ3) is 3.09. The second-order valence-electron chi connectivity index (χ2n) is 3.27. The number of hydrogen-bond donors (Lipinski definition) is 1. The molecule has 1 amide bonds. The number of carbonyl (C=O) groups excluding carboxylic acids is 1. The van der Waals surface area contributed by atoms with Gasteiger partial charge in [-0.3, -0.25) is 10.1 Å². The van der Waals surface area contributed by atoms with E-state index < -0.39 is 5.91 Å². The maximum absolute atomic E-state index is 12.0. The Morgan fingerprint density at radius 1 is 1.11 bits per heavy atom. The highest BCUT2D eigenvalue weighted by Crippen LogP contribution is 2.36. The molecule has 2 aromatic heterocycles. The van der Waals surface area contributed by atoms with E-state index in [2.05, 4.69) is 20.5 Å². The highest BCUT2D eigenvalue weighted by molar-refractivity contribution is 7.15. The molecule has 19 heavy (non-hydrogen) atoms. The van der Waals surface area contributed by atoms with E-state index in [9.17, 15) is 4.79 Å². The normalized spacial score (nSPS) is 10.6. The molecule has 0 unspecified atom stereocenters. The van der Waals surface area contributed by atoms with Crippen LogP contribution in [0.1, 0.15) is 15.5 Å². The summed E-state index contributed by atoms with van der Waals surface area (Å²) in [7, 11) is 0. The van der Waals surface area contributed by atoms with Gasteiger partial charge < -0.3 is 0 Å². The van der Waals surface area contributed by atoms with Gasteiger partial charge in [-0.15, -0.1) is 10.2 Å². The third-order valence-corrected chi connectivity index (χ3v) is 4.38. The predicted octanol–water partition coefficient (Wildman–Crippen LogP) is 4.11. The molecule has 2 heterocycles. The maximum Gasteiger partial charge on any atom is 0.277 e. The number of nitrogens with zero attached hydrogens (tertiary/aromatic N) is 3. The number of nitrogens with one attached hydrogen (secondary N) is 1. The van der Waals surface area contributed by atoms with Crippen LogP contribution < -0.4 is 5.32 Å². The molecule has 0 spiro atoms. The van der Waals surface area contributed by atoms with Crippen molar-refractivity contribution in [2.45, 2.75) is 6.92 Å². The molecule has 2 rings (SSSR count). The van der Waals surface area contributed by atoms with E-state index in [1.54, 1.807) is 6.92 Å². The van der Waals surface area contributed by atoms with Crippen molar-refractivity contribution in [3.63, 3.8) is 0 Å². The van der Waals surface area contributed by atoms with E-state index in [0.717, 1.165) is 0 Å². The first-order chi connectivity index (χ1) is 8.90. The fourth-order valence-electron chi connectivity index (χ4n) is 1.14. The minimum atomic E-state index is -0.596. The Morgan fingerprint density at radius 2 is 1.79 bits per heavy atom. The summed E-state index contributed by atoms with van der Waals surface area (Å²) in [5.41, 5.74) is -0.131. The zero-order chi connectivity index (χ0) is 14.2. The number of anilines is 1. The number of hydrogen-bond acceptors (Lipinski definition) is 5. The number of aryl methyl sites for hydroxylation is 1. The smallest absolute Gasteiger partial charge is 0.277 e. The van der Waals surface area contributed by atoms with Gasteiger partial charge in [0.2, 0.25) is 5.13 Å². The van der Waals surface area contributed by atoms with Gasteiger partial charge in [0.25, 0.3) is 5.91 Å². The van der Waals surface area contributed by atoms with E-state index in [1.165, 1.54) is 11.3 Å². The third-order valence-electron chi connectivity index (χ3n) is 1.95. The van der Waals surface area contributed by atoms with Crippen molar-refractivity contribution < 1.29 is 4.79 Å². The molecule has 100 valence electrons. The van der Waals surface area contributed by atoms with Gasteiger partial charge in [0.15, 0.2) is 5.69 Å². The molecular weight excluding hydrogens is 354 g/mol. The Hall–Kier alpha value is -0.660. The number of aromatic nitrogens is 3. The summed E-state index contributed by atoms with van der Waals surface area (Å²) >= 11 is 24.5. The molecule has 0 saturated heterocycles. The lowest BCUT2D eigenvalue weighted by atomic mass is 10.3. The first-order valence-corrected chi connectivity index (χ1v) is 7.04. The zero-order valence-corrected chi connectivity index (χ0v) is 13.0. The Morgan fingerprint density at radius 3 is 2.37 bits per heavy atom. The minimum absolute atomic E-state index is 0.00311. The van der Waals surface area contributed by atoms with Gasteiger partial charge in [0.05, 0.1) is 15.1 Å². The maximum atomic E-state index is 12.0. The van der Waals surface area contributed by atoms with Gasteiger partial charge in [-0.1, -0.05) is 57.7 Å². The number of amides is 1. The van der Waals surface area contributed by atoms with Crippen LogP contribution in [0.15, 0.2) is 0 Å². The average Bonchev–Trinajstić information content (AvgIpc) is 2.76. The zero-order valence-electron chi connectivity index (χ0n) is 9.17. The SMILES string of the molecule is Cc1nnc(NC(=O)c2nc(Cl)c(Cl)c(Cl)c2Cl)s1. The van der Waals surface area contributed by atoms with Crippen molar-refractivity contribution in [1.29, 1.82) is 0 Å². The van der Waals surface area contributed by atoms with Crippen molar-refractivity contribution >= 4 is 68.8 Å². The number of pyridine rings is 1. The topological polar surface area (TPSA) is 67.8 Å². The molecule has 0 bridgehead atoms. The molecule has 1 N–H and O–H groups in total. The van der Waals surface area contributed by atoms with Crippen LogP contribution in [0.25, 0.3) is 0 Å². The number of halogens is 4. The van der Waals surface area contributed by atoms with E-state index in [-0.39, 0.29) is 25.9 Å². The van der Waals surface area contributed by atoms with Crippen molar-refractivity contribution in [2.75, 3.05) is 5.32 Å². The summed E-state index contributed by atoms with van der Waals surface area (Å²) in [5, 5.41) is 10.8. The largest absolute Gasteiger partial charge is 0.295 e. The summed E-state index contributed by atoms with van der Waals surface area (Å²) in [6, 6.07) is 0. The number of rotatable bonds is 2. The lowest BCUT2D eigenvalue weighted by Crippen LogP contribution is -2.14. The van der Waals surface area contributed by atoms with Crippen LogP contribution in [-0.4, -0.2) is 21.1 Å². The van der Waals surface area contributed by atoms with Crippen molar-refractivity contribution in [1.82, 2.24) is 15.2 Å². The fourth-order valence-corrected chi connectivity index (χ4v) is 2.54. The first kappa shape index (κ1) is 14.7. The second-order valence-corrected chi connectivity index (χ2v) is 5.95. The molecule has 0 atom stereocenters. The molecule has 2 aromatic rings. The van der Waals surface area contributed by atoms with Crippen LogP contribution in [0.3, 0.4) is 0 Å². The molecule has 0 aliphatic rings. The molecule has 5 nitrogen and oxygen atoms in total. The van der Waals surface area contributed by atoms with E-state index >= 15 is 0 Å². The highest BCUT2D eigenvalue weighted by Gasteiger charge is 2.21. The van der Waals surface area contributed by atoms with Crippen LogP contribution in [-0.2, 0) is 0 Å². The standard InChI is InChI=1S/C9H4Cl4N4OS/c1-2-16-17-9(19-2)15-8(18)6-4(11)3(10)5(12)7(13)14-6/h1H3,(H,15,17,18). The van der Waals surface area contributed by atoms with Gasteiger partial charge in [0, 0.05) is 0 Å². The monoisotopic (exact) mass is 356 g/mol. The molecule has 0 radical (unpaired) electrons. The van der Waals surface area contributed by atoms with E-state index in [0.29, 0.717) is 10.1 Å². The molecule has 0 aliphatic heterocycles. The van der Waals surface area contributed by atoms with Crippen LogP contribution in [0.4, 0.5) is 5.13 Å². The molecule has 0 fully saturated rings. The summed E-state index contributed by atoms with van der Waals surface area (Å²) in [4.78, 5) is 15.8. The minimum Gasteiger partial charge on any atom is -0.295 e. The number of carbonyl (C=O) groups is 1. The van der Waals surface area contributed by atoms with Crippen molar-refractivity contribution in [3.8, 4) is 0 Å². The molecular formula is C9H4Cl4N4OS. The van der Waals surface area contributed by atoms with Gasteiger partial charge in [-0.2, -0.15) is 0 Å². The van der Waals surface area contributed by atoms with Gasteiger partial charge in [-0.25, -0.2) is 4.98 Å². The summed E-state index contributed by atoms with van der Waals surface area (Å²) in [6.45, 7) is 1.76. The van der Waals surface area contributed by atoms with Gasteiger partial charge in [0.1, 0.15) is 10.2 Å². The first-order valence-electron chi connectivity index (χ1n) is 4.71. The highest BCUT2D eigenvalue weighted by atomic mass is 35.5. The van der Waals surface area contributed by atoms with Crippen LogP contribution in [0, 0.1) is 6.92 Å². The van der Waals surface area contributed by atoms with Gasteiger partial charge >= 0.3 is 0 Å². The molecule has 10 heteroatoms. The molecule has 0 aliphatic carbocycles. The fraction of sp³-hybridized carbons (Fsp3) is 0.111. The Kier molecular flexibility index (Phi) is 4.47. The Labute approximate surface area is 131 Å². The molecule has 0 aromatic carbocycles.